The van der Waals surface area contributed by atoms with E-state index in [0.29, 0.717) is 18.2 Å². The minimum Gasteiger partial charge on any atom is -0.355 e. The van der Waals surface area contributed by atoms with Crippen LogP contribution in [-0.4, -0.2) is 36.5 Å². The van der Waals surface area contributed by atoms with Crippen LogP contribution in [0.5, 0.6) is 0 Å². The smallest absolute Gasteiger partial charge is 0.224 e. The van der Waals surface area contributed by atoms with E-state index in [1.54, 1.807) is 18.2 Å². The molecule has 1 aromatic rings. The lowest BCUT2D eigenvalue weighted by Crippen LogP contribution is -2.42. The quantitative estimate of drug-likeness (QED) is 0.896. The van der Waals surface area contributed by atoms with Crippen LogP contribution >= 0.6 is 0 Å². The third-order valence-electron chi connectivity index (χ3n) is 3.97. The predicted molar refractivity (Wildman–Crippen MR) is 78.0 cm³/mol. The van der Waals surface area contributed by atoms with Crippen molar-refractivity contribution in [1.82, 2.24) is 10.2 Å². The predicted octanol–water partition coefficient (Wildman–Crippen LogP) is 2.36. The molecule has 4 heteroatoms. The molecule has 1 saturated heterocycles. The molecule has 1 fully saturated rings. The Balaban J connectivity index is 1.71. The van der Waals surface area contributed by atoms with Crippen LogP contribution in [0, 0.1) is 5.82 Å². The first-order chi connectivity index (χ1) is 9.66. The van der Waals surface area contributed by atoms with Gasteiger partial charge in [-0.25, -0.2) is 4.39 Å². The third kappa shape index (κ3) is 4.30. The molecule has 1 N–H and O–H groups in total. The number of nitrogens with zero attached hydrogens (tertiary/aromatic N) is 1. The first kappa shape index (κ1) is 15.0. The molecule has 1 aliphatic rings. The highest BCUT2D eigenvalue weighted by Gasteiger charge is 2.17. The number of benzene rings is 1. The fourth-order valence-corrected chi connectivity index (χ4v) is 2.71. The van der Waals surface area contributed by atoms with Crippen molar-refractivity contribution in [3.63, 3.8) is 0 Å². The van der Waals surface area contributed by atoms with Crippen molar-refractivity contribution in [1.29, 1.82) is 0 Å². The maximum atomic E-state index is 13.4. The molecule has 0 aromatic heterocycles. The number of nitrogens with one attached hydrogen (secondary N) is 1. The Morgan fingerprint density at radius 1 is 1.40 bits per heavy atom. The SMILES string of the molecule is CC1CCCCN1CCNC(=O)Cc1ccccc1F. The Kier molecular flexibility index (Phi) is 5.53. The molecule has 1 heterocycles. The number of carbonyl (C=O) groups excluding carboxylic acids is 1. The third-order valence-corrected chi connectivity index (χ3v) is 3.97. The highest BCUT2D eigenvalue weighted by Crippen LogP contribution is 2.15. The summed E-state index contributed by atoms with van der Waals surface area (Å²) in [6.07, 6.45) is 3.90. The van der Waals surface area contributed by atoms with Gasteiger partial charge < -0.3 is 5.32 Å². The number of hydrogen-bond acceptors (Lipinski definition) is 2. The minimum atomic E-state index is -0.313. The fourth-order valence-electron chi connectivity index (χ4n) is 2.71. The average Bonchev–Trinajstić information content (AvgIpc) is 2.43. The number of hydrogen-bond donors (Lipinski definition) is 1. The van der Waals surface area contributed by atoms with Crippen molar-refractivity contribution >= 4 is 5.91 Å². The van der Waals surface area contributed by atoms with E-state index in [0.717, 1.165) is 13.1 Å². The van der Waals surface area contributed by atoms with Gasteiger partial charge in [0.2, 0.25) is 5.91 Å². The van der Waals surface area contributed by atoms with Gasteiger partial charge in [-0.3, -0.25) is 9.69 Å². The monoisotopic (exact) mass is 278 g/mol. The molecule has 0 spiro atoms. The number of piperidine rings is 1. The first-order valence-electron chi connectivity index (χ1n) is 7.41. The average molecular weight is 278 g/mol. The second kappa shape index (κ2) is 7.39. The topological polar surface area (TPSA) is 32.3 Å². The van der Waals surface area contributed by atoms with Crippen LogP contribution < -0.4 is 5.32 Å². The molecular formula is C16H23FN2O. The van der Waals surface area contributed by atoms with Gasteiger partial charge in [-0.1, -0.05) is 24.6 Å². The lowest BCUT2D eigenvalue weighted by molar-refractivity contribution is -0.120. The highest BCUT2D eigenvalue weighted by molar-refractivity contribution is 5.78. The van der Waals surface area contributed by atoms with Gasteiger partial charge in [-0.2, -0.15) is 0 Å². The molecule has 1 atom stereocenters. The molecule has 2 rings (SSSR count). The first-order valence-corrected chi connectivity index (χ1v) is 7.41. The van der Waals surface area contributed by atoms with Gasteiger partial charge in [0.1, 0.15) is 5.82 Å². The number of halogens is 1. The van der Waals surface area contributed by atoms with E-state index in [1.165, 1.54) is 25.3 Å². The molecule has 20 heavy (non-hydrogen) atoms. The molecule has 0 radical (unpaired) electrons. The molecule has 1 amide bonds. The maximum Gasteiger partial charge on any atom is 0.224 e. The fraction of sp³-hybridized carbons (Fsp3) is 0.562. The zero-order valence-electron chi connectivity index (χ0n) is 12.1. The second-order valence-corrected chi connectivity index (χ2v) is 5.50. The summed E-state index contributed by atoms with van der Waals surface area (Å²) in [4.78, 5) is 14.2. The van der Waals surface area contributed by atoms with Crippen molar-refractivity contribution in [2.45, 2.75) is 38.6 Å². The number of carbonyl (C=O) groups is 1. The Morgan fingerprint density at radius 3 is 2.95 bits per heavy atom. The van der Waals surface area contributed by atoms with E-state index in [4.69, 9.17) is 0 Å². The molecule has 0 saturated carbocycles. The van der Waals surface area contributed by atoms with E-state index in [2.05, 4.69) is 17.1 Å². The van der Waals surface area contributed by atoms with E-state index in [1.807, 2.05) is 0 Å². The van der Waals surface area contributed by atoms with Crippen LogP contribution in [0.1, 0.15) is 31.7 Å². The van der Waals surface area contributed by atoms with Crippen molar-refractivity contribution in [3.8, 4) is 0 Å². The molecule has 3 nitrogen and oxygen atoms in total. The minimum absolute atomic E-state index is 0.111. The van der Waals surface area contributed by atoms with Crippen LogP contribution in [0.25, 0.3) is 0 Å². The number of likely N-dealkylation sites (tertiary alicyclic amines) is 1. The Labute approximate surface area is 120 Å². The molecule has 110 valence electrons. The molecular weight excluding hydrogens is 255 g/mol. The zero-order valence-corrected chi connectivity index (χ0v) is 12.1. The normalized spacial score (nSPS) is 19.8. The van der Waals surface area contributed by atoms with Gasteiger partial charge in [0.15, 0.2) is 0 Å². The van der Waals surface area contributed by atoms with Gasteiger partial charge in [-0.15, -0.1) is 0 Å². The summed E-state index contributed by atoms with van der Waals surface area (Å²) in [5.41, 5.74) is 0.455. The molecule has 1 aromatic carbocycles. The lowest BCUT2D eigenvalue weighted by Gasteiger charge is -2.33. The summed E-state index contributed by atoms with van der Waals surface area (Å²) in [6, 6.07) is 7.03. The van der Waals surface area contributed by atoms with Gasteiger partial charge >= 0.3 is 0 Å². The molecule has 0 bridgehead atoms. The summed E-state index contributed by atoms with van der Waals surface area (Å²) in [7, 11) is 0. The van der Waals surface area contributed by atoms with Crippen LogP contribution in [0.4, 0.5) is 4.39 Å². The zero-order chi connectivity index (χ0) is 14.4. The van der Waals surface area contributed by atoms with E-state index < -0.39 is 0 Å². The van der Waals surface area contributed by atoms with Gasteiger partial charge in [-0.05, 0) is 37.9 Å². The summed E-state index contributed by atoms with van der Waals surface area (Å²) in [5.74, 6) is -0.424. The van der Waals surface area contributed by atoms with Crippen LogP contribution in [0.15, 0.2) is 24.3 Å². The number of rotatable bonds is 5. The summed E-state index contributed by atoms with van der Waals surface area (Å²) in [5, 5.41) is 2.88. The van der Waals surface area contributed by atoms with Gasteiger partial charge in [0.25, 0.3) is 0 Å². The van der Waals surface area contributed by atoms with Crippen molar-refractivity contribution < 1.29 is 9.18 Å². The van der Waals surface area contributed by atoms with Crippen LogP contribution in [0.2, 0.25) is 0 Å². The van der Waals surface area contributed by atoms with E-state index >= 15 is 0 Å². The second-order valence-electron chi connectivity index (χ2n) is 5.50. The van der Waals surface area contributed by atoms with Crippen LogP contribution in [0.3, 0.4) is 0 Å². The maximum absolute atomic E-state index is 13.4. The van der Waals surface area contributed by atoms with E-state index in [9.17, 15) is 9.18 Å². The largest absolute Gasteiger partial charge is 0.355 e. The molecule has 0 aliphatic carbocycles. The highest BCUT2D eigenvalue weighted by atomic mass is 19.1. The molecule has 1 unspecified atom stereocenters. The Bertz CT molecular complexity index is 450. The van der Waals surface area contributed by atoms with Crippen molar-refractivity contribution in [3.05, 3.63) is 35.6 Å². The molecule has 1 aliphatic heterocycles. The summed E-state index contributed by atoms with van der Waals surface area (Å²) >= 11 is 0. The van der Waals surface area contributed by atoms with Crippen LogP contribution in [-0.2, 0) is 11.2 Å². The number of amides is 1. The Hall–Kier alpha value is -1.42. The van der Waals surface area contributed by atoms with Crippen molar-refractivity contribution in [2.24, 2.45) is 0 Å². The Morgan fingerprint density at radius 2 is 2.20 bits per heavy atom. The standard InChI is InChI=1S/C16H23FN2O/c1-13-6-4-5-10-19(13)11-9-18-16(20)12-14-7-2-3-8-15(14)17/h2-3,7-8,13H,4-6,9-12H2,1H3,(H,18,20). The van der Waals surface area contributed by atoms with Gasteiger partial charge in [0, 0.05) is 19.1 Å². The summed E-state index contributed by atoms with van der Waals surface area (Å²) < 4.78 is 13.4. The van der Waals surface area contributed by atoms with Gasteiger partial charge in [0.05, 0.1) is 6.42 Å². The van der Waals surface area contributed by atoms with E-state index in [-0.39, 0.29) is 18.1 Å². The van der Waals surface area contributed by atoms with Crippen molar-refractivity contribution in [2.75, 3.05) is 19.6 Å². The summed E-state index contributed by atoms with van der Waals surface area (Å²) in [6.45, 7) is 4.87. The lowest BCUT2D eigenvalue weighted by atomic mass is 10.0.